The molecule has 0 aromatic rings. The summed E-state index contributed by atoms with van der Waals surface area (Å²) in [6, 6.07) is 0.622. The van der Waals surface area contributed by atoms with Crippen LogP contribution in [0.3, 0.4) is 0 Å². The van der Waals surface area contributed by atoms with Crippen molar-refractivity contribution >= 4 is 15.3 Å². The highest BCUT2D eigenvalue weighted by Gasteiger charge is 2.27. The number of aliphatic hydroxyl groups excluding tert-OH is 1. The van der Waals surface area contributed by atoms with Gasteiger partial charge in [0.15, 0.2) is 6.29 Å². The van der Waals surface area contributed by atoms with Crippen molar-refractivity contribution in [2.45, 2.75) is 31.3 Å². The summed E-state index contributed by atoms with van der Waals surface area (Å²) in [7, 11) is -0.757. The fourth-order valence-corrected chi connectivity index (χ4v) is 1.62. The molecule has 0 saturated carbocycles. The van der Waals surface area contributed by atoms with Crippen LogP contribution in [0.5, 0.6) is 0 Å². The van der Waals surface area contributed by atoms with Crippen LogP contribution in [0.15, 0.2) is 0 Å². The summed E-state index contributed by atoms with van der Waals surface area (Å²) in [5.41, 5.74) is 0. The Morgan fingerprint density at radius 3 is 3.19 bits per heavy atom. The van der Waals surface area contributed by atoms with E-state index in [9.17, 15) is 14.4 Å². The third kappa shape index (κ3) is 4.93. The predicted molar refractivity (Wildman–Crippen MR) is 56.6 cm³/mol. The SMILES string of the molecule is [3H]C1CC(OCC(=O)NCCC[SiH]=O)C(O)O1. The standard InChI is InChI=1S/C9H17NO5Si/c11-8(10-3-1-5-16-13)6-15-7-2-4-14-9(7)12/h7,9,12,16H,1-6H2,(H,10,11)/i4T. The van der Waals surface area contributed by atoms with Crippen LogP contribution in [0.2, 0.25) is 6.04 Å². The molecule has 0 radical (unpaired) electrons. The lowest BCUT2D eigenvalue weighted by molar-refractivity contribution is -0.143. The van der Waals surface area contributed by atoms with Crippen LogP contribution in [-0.2, 0) is 18.7 Å². The van der Waals surface area contributed by atoms with Gasteiger partial charge in [-0.15, -0.1) is 0 Å². The van der Waals surface area contributed by atoms with Gasteiger partial charge in [-0.25, -0.2) is 0 Å². The summed E-state index contributed by atoms with van der Waals surface area (Å²) < 4.78 is 27.4. The molecule has 0 aromatic carbocycles. The van der Waals surface area contributed by atoms with E-state index < -0.39 is 28.4 Å². The molecule has 3 unspecified atom stereocenters. The van der Waals surface area contributed by atoms with Crippen LogP contribution >= 0.6 is 0 Å². The van der Waals surface area contributed by atoms with E-state index in [4.69, 9.17) is 10.8 Å². The van der Waals surface area contributed by atoms with Gasteiger partial charge in [-0.3, -0.25) is 4.79 Å². The first-order valence-corrected chi connectivity index (χ1v) is 6.50. The predicted octanol–water partition coefficient (Wildman–Crippen LogP) is -1.18. The van der Waals surface area contributed by atoms with Crippen molar-refractivity contribution in [1.29, 1.82) is 0 Å². The van der Waals surface area contributed by atoms with Crippen LogP contribution in [0.4, 0.5) is 0 Å². The number of carbonyl (C=O) groups is 1. The minimum Gasteiger partial charge on any atom is -0.392 e. The maximum Gasteiger partial charge on any atom is 0.261 e. The fourth-order valence-electron chi connectivity index (χ4n) is 1.25. The average Bonchev–Trinajstić information content (AvgIpc) is 2.61. The van der Waals surface area contributed by atoms with Gasteiger partial charge in [0, 0.05) is 13.0 Å². The summed E-state index contributed by atoms with van der Waals surface area (Å²) in [4.78, 5) is 11.3. The van der Waals surface area contributed by atoms with Gasteiger partial charge >= 0.3 is 0 Å². The quantitative estimate of drug-likeness (QED) is 0.438. The molecule has 0 aliphatic carbocycles. The lowest BCUT2D eigenvalue weighted by Gasteiger charge is -2.13. The molecule has 7 heteroatoms. The Bertz CT molecular complexity index is 268. The summed E-state index contributed by atoms with van der Waals surface area (Å²) >= 11 is 0. The monoisotopic (exact) mass is 249 g/mol. The van der Waals surface area contributed by atoms with Gasteiger partial charge in [0.05, 0.1) is 7.95 Å². The molecule has 0 spiro atoms. The van der Waals surface area contributed by atoms with E-state index in [-0.39, 0.29) is 18.9 Å². The van der Waals surface area contributed by atoms with E-state index in [0.29, 0.717) is 19.0 Å². The molecular formula is C9H17NO5Si. The molecule has 1 amide bonds. The van der Waals surface area contributed by atoms with Crippen molar-refractivity contribution in [1.82, 2.24) is 5.32 Å². The summed E-state index contributed by atoms with van der Waals surface area (Å²) in [5.74, 6) is -0.286. The molecule has 92 valence electrons. The molecule has 3 atom stereocenters. The zero-order valence-electron chi connectivity index (χ0n) is 9.93. The molecule has 6 nitrogen and oxygen atoms in total. The topological polar surface area (TPSA) is 84.9 Å². The van der Waals surface area contributed by atoms with Crippen molar-refractivity contribution in [2.75, 3.05) is 19.7 Å². The van der Waals surface area contributed by atoms with Gasteiger partial charge in [-0.1, -0.05) is 0 Å². The lowest BCUT2D eigenvalue weighted by Crippen LogP contribution is -2.33. The van der Waals surface area contributed by atoms with Gasteiger partial charge in [-0.2, -0.15) is 0 Å². The molecule has 0 bridgehead atoms. The Balaban J connectivity index is 2.09. The minimum atomic E-state index is -1.13. The molecule has 16 heavy (non-hydrogen) atoms. The second-order valence-corrected chi connectivity index (χ2v) is 4.35. The maximum atomic E-state index is 11.3. The Kier molecular flexibility index (Phi) is 5.63. The minimum absolute atomic E-state index is 0.165. The smallest absolute Gasteiger partial charge is 0.261 e. The van der Waals surface area contributed by atoms with Crippen LogP contribution in [0.1, 0.15) is 14.2 Å². The van der Waals surface area contributed by atoms with E-state index in [0.717, 1.165) is 0 Å². The van der Waals surface area contributed by atoms with E-state index in [2.05, 4.69) is 5.32 Å². The molecule has 1 aliphatic heterocycles. The van der Waals surface area contributed by atoms with E-state index in [1.165, 1.54) is 0 Å². The van der Waals surface area contributed by atoms with Crippen molar-refractivity contribution in [2.24, 2.45) is 0 Å². The summed E-state index contributed by atoms with van der Waals surface area (Å²) in [6.45, 7) is -0.484. The van der Waals surface area contributed by atoms with Crippen molar-refractivity contribution in [3.63, 3.8) is 0 Å². The van der Waals surface area contributed by atoms with E-state index in [1.807, 2.05) is 0 Å². The second kappa shape index (κ2) is 7.61. The number of aliphatic hydroxyl groups is 1. The summed E-state index contributed by atoms with van der Waals surface area (Å²) in [5, 5.41) is 11.9. The van der Waals surface area contributed by atoms with Gasteiger partial charge in [0.2, 0.25) is 5.91 Å². The van der Waals surface area contributed by atoms with Crippen LogP contribution < -0.4 is 5.32 Å². The fraction of sp³-hybridized carbons (Fsp3) is 0.889. The van der Waals surface area contributed by atoms with Gasteiger partial charge in [0.1, 0.15) is 12.7 Å². The number of hydrogen-bond donors (Lipinski definition) is 2. The highest BCUT2D eigenvalue weighted by molar-refractivity contribution is 6.16. The number of ether oxygens (including phenoxy) is 2. The first-order chi connectivity index (χ1) is 8.13. The number of carbonyl (C=O) groups excluding carboxylic acids is 1. The van der Waals surface area contributed by atoms with E-state index in [1.54, 1.807) is 0 Å². The van der Waals surface area contributed by atoms with Crippen LogP contribution in [0, 0.1) is 0 Å². The number of amides is 1. The zero-order valence-corrected chi connectivity index (χ0v) is 10.1. The Morgan fingerprint density at radius 1 is 1.75 bits per heavy atom. The van der Waals surface area contributed by atoms with Crippen LogP contribution in [0.25, 0.3) is 0 Å². The highest BCUT2D eigenvalue weighted by atomic mass is 28.2. The number of nitrogens with one attached hydrogen (secondary N) is 1. The van der Waals surface area contributed by atoms with Crippen molar-refractivity contribution in [3.8, 4) is 0 Å². The maximum absolute atomic E-state index is 11.3. The number of hydrogen-bond acceptors (Lipinski definition) is 5. The molecule has 1 heterocycles. The molecule has 1 saturated heterocycles. The number of rotatable bonds is 7. The largest absolute Gasteiger partial charge is 0.392 e. The molecule has 1 rings (SSSR count). The van der Waals surface area contributed by atoms with Crippen molar-refractivity contribution < 1.29 is 25.2 Å². The lowest BCUT2D eigenvalue weighted by atomic mass is 10.3. The first-order valence-electron chi connectivity index (χ1n) is 5.79. The summed E-state index contributed by atoms with van der Waals surface area (Å²) in [6.07, 6.45) is -0.800. The zero-order chi connectivity index (χ0) is 12.7. The third-order valence-corrected chi connectivity index (χ3v) is 2.78. The Labute approximate surface area is 97.6 Å². The highest BCUT2D eigenvalue weighted by Crippen LogP contribution is 2.14. The first kappa shape index (κ1) is 11.8. The second-order valence-electron chi connectivity index (χ2n) is 3.44. The third-order valence-electron chi connectivity index (χ3n) is 2.13. The van der Waals surface area contributed by atoms with Crippen molar-refractivity contribution in [3.05, 3.63) is 0 Å². The van der Waals surface area contributed by atoms with Gasteiger partial charge in [0.25, 0.3) is 9.41 Å². The average molecular weight is 249 g/mol. The molecule has 2 N–H and O–H groups in total. The van der Waals surface area contributed by atoms with Crippen LogP contribution in [-0.4, -0.2) is 52.5 Å². The van der Waals surface area contributed by atoms with Gasteiger partial charge in [-0.05, 0) is 12.5 Å². The van der Waals surface area contributed by atoms with E-state index >= 15 is 0 Å². The normalized spacial score (nSPS) is 29.8. The van der Waals surface area contributed by atoms with Gasteiger partial charge < -0.3 is 24.4 Å². The molecule has 1 aliphatic rings. The Morgan fingerprint density at radius 2 is 2.56 bits per heavy atom. The molecule has 1 fully saturated rings. The molecule has 0 aromatic heterocycles. The molecular weight excluding hydrogens is 230 g/mol. The Hall–Kier alpha value is -0.633.